The Morgan fingerprint density at radius 2 is 1.82 bits per heavy atom. The van der Waals surface area contributed by atoms with Crippen LogP contribution < -0.4 is 10.1 Å². The molecule has 1 aliphatic rings. The Balaban J connectivity index is 1.24. The molecule has 1 aliphatic heterocycles. The summed E-state index contributed by atoms with van der Waals surface area (Å²) in [6.45, 7) is 0.192. The molecule has 33 heavy (non-hydrogen) atoms. The van der Waals surface area contributed by atoms with E-state index in [2.05, 4.69) is 11.4 Å². The van der Waals surface area contributed by atoms with E-state index in [1.54, 1.807) is 48.2 Å². The molecule has 164 valence electrons. The third kappa shape index (κ3) is 4.96. The van der Waals surface area contributed by atoms with Crippen molar-refractivity contribution < 1.29 is 13.9 Å². The minimum atomic E-state index is -0.108. The van der Waals surface area contributed by atoms with Gasteiger partial charge in [0.05, 0.1) is 16.4 Å². The molecule has 0 bridgehead atoms. The van der Waals surface area contributed by atoms with Crippen LogP contribution in [0.4, 0.5) is 11.4 Å². The van der Waals surface area contributed by atoms with Gasteiger partial charge in [0.25, 0.3) is 0 Å². The van der Waals surface area contributed by atoms with Crippen LogP contribution in [-0.4, -0.2) is 5.78 Å². The SMILES string of the molecule is O=C(/C=C/c1ccc(COc2cc(Cl)ccc2Cl)o1)c1ccc2c(c1)Nc1ccccc1S2. The summed E-state index contributed by atoms with van der Waals surface area (Å²) in [6, 6.07) is 22.4. The number of fused-ring (bicyclic) bond motifs is 2. The lowest BCUT2D eigenvalue weighted by molar-refractivity contribution is 0.104. The number of rotatable bonds is 6. The number of nitrogens with one attached hydrogen (secondary N) is 1. The molecule has 0 aliphatic carbocycles. The van der Waals surface area contributed by atoms with Gasteiger partial charge in [0, 0.05) is 26.4 Å². The van der Waals surface area contributed by atoms with Gasteiger partial charge < -0.3 is 14.5 Å². The van der Waals surface area contributed by atoms with E-state index in [1.807, 2.05) is 36.4 Å². The molecule has 4 aromatic rings. The van der Waals surface area contributed by atoms with Gasteiger partial charge in [-0.3, -0.25) is 4.79 Å². The molecule has 3 aromatic carbocycles. The Kier molecular flexibility index (Phi) is 6.18. The van der Waals surface area contributed by atoms with Crippen molar-refractivity contribution in [2.75, 3.05) is 5.32 Å². The molecule has 0 fully saturated rings. The summed E-state index contributed by atoms with van der Waals surface area (Å²) in [5.74, 6) is 1.53. The average Bonchev–Trinajstić information content (AvgIpc) is 3.29. The van der Waals surface area contributed by atoms with E-state index < -0.39 is 0 Å². The van der Waals surface area contributed by atoms with Crippen LogP contribution in [0.5, 0.6) is 5.75 Å². The van der Waals surface area contributed by atoms with Crippen LogP contribution in [0, 0.1) is 0 Å². The van der Waals surface area contributed by atoms with Crippen molar-refractivity contribution in [1.29, 1.82) is 0 Å². The maximum atomic E-state index is 12.7. The Bertz CT molecular complexity index is 1380. The molecule has 0 spiro atoms. The van der Waals surface area contributed by atoms with Crippen LogP contribution in [0.3, 0.4) is 0 Å². The number of ether oxygens (including phenoxy) is 1. The number of carbonyl (C=O) groups is 1. The smallest absolute Gasteiger partial charge is 0.186 e. The molecule has 0 saturated heterocycles. The van der Waals surface area contributed by atoms with E-state index in [4.69, 9.17) is 32.4 Å². The summed E-state index contributed by atoms with van der Waals surface area (Å²) >= 11 is 13.8. The standard InChI is InChI=1S/C26H17Cl2NO3S/c27-17-6-10-20(28)24(14-17)31-15-19-8-7-18(32-19)9-11-23(30)16-5-12-26-22(13-16)29-21-3-1-2-4-25(21)33-26/h1-14,29H,15H2/b11-9+. The van der Waals surface area contributed by atoms with E-state index in [-0.39, 0.29) is 12.4 Å². The first-order chi connectivity index (χ1) is 16.0. The van der Waals surface area contributed by atoms with E-state index in [1.165, 1.54) is 11.0 Å². The Labute approximate surface area is 205 Å². The van der Waals surface area contributed by atoms with E-state index in [0.717, 1.165) is 16.3 Å². The van der Waals surface area contributed by atoms with Gasteiger partial charge in [-0.1, -0.05) is 47.1 Å². The van der Waals surface area contributed by atoms with Gasteiger partial charge in [-0.05, 0) is 66.7 Å². The highest BCUT2D eigenvalue weighted by atomic mass is 35.5. The van der Waals surface area contributed by atoms with Gasteiger partial charge in [-0.25, -0.2) is 0 Å². The van der Waals surface area contributed by atoms with Crippen LogP contribution in [-0.2, 0) is 6.61 Å². The quantitative estimate of drug-likeness (QED) is 0.190. The summed E-state index contributed by atoms with van der Waals surface area (Å²) in [7, 11) is 0. The highest BCUT2D eigenvalue weighted by Gasteiger charge is 2.16. The van der Waals surface area contributed by atoms with E-state index in [0.29, 0.717) is 32.9 Å². The number of hydrogen-bond acceptors (Lipinski definition) is 5. The van der Waals surface area contributed by atoms with Gasteiger partial charge in [-0.2, -0.15) is 0 Å². The minimum Gasteiger partial charge on any atom is -0.484 e. The fourth-order valence-electron chi connectivity index (χ4n) is 3.34. The number of hydrogen-bond donors (Lipinski definition) is 1. The zero-order valence-corrected chi connectivity index (χ0v) is 19.5. The Morgan fingerprint density at radius 1 is 0.970 bits per heavy atom. The maximum absolute atomic E-state index is 12.7. The molecule has 1 aromatic heterocycles. The van der Waals surface area contributed by atoms with Crippen molar-refractivity contribution in [3.8, 4) is 5.75 Å². The number of halogens is 2. The van der Waals surface area contributed by atoms with Crippen LogP contribution in [0.25, 0.3) is 6.08 Å². The fourth-order valence-corrected chi connectivity index (χ4v) is 4.65. The van der Waals surface area contributed by atoms with E-state index >= 15 is 0 Å². The normalized spacial score (nSPS) is 12.2. The van der Waals surface area contributed by atoms with Crippen LogP contribution in [0.1, 0.15) is 21.9 Å². The Hall–Kier alpha value is -3.12. The summed E-state index contributed by atoms with van der Waals surface area (Å²) < 4.78 is 11.4. The van der Waals surface area contributed by atoms with E-state index in [9.17, 15) is 4.79 Å². The van der Waals surface area contributed by atoms with Crippen LogP contribution in [0.15, 0.2) is 93.1 Å². The Morgan fingerprint density at radius 3 is 2.73 bits per heavy atom. The highest BCUT2D eigenvalue weighted by molar-refractivity contribution is 7.99. The average molecular weight is 494 g/mol. The van der Waals surface area contributed by atoms with Gasteiger partial charge in [0.15, 0.2) is 5.78 Å². The first kappa shape index (κ1) is 21.7. The lowest BCUT2D eigenvalue weighted by Gasteiger charge is -2.20. The van der Waals surface area contributed by atoms with Gasteiger partial charge in [0.2, 0.25) is 0 Å². The third-order valence-electron chi connectivity index (χ3n) is 4.98. The molecule has 0 unspecified atom stereocenters. The van der Waals surface area contributed by atoms with Crippen molar-refractivity contribution in [2.45, 2.75) is 16.4 Å². The molecule has 4 nitrogen and oxygen atoms in total. The number of ketones is 1. The number of furan rings is 1. The number of allylic oxidation sites excluding steroid dienone is 1. The molecular formula is C26H17Cl2NO3S. The second-order valence-corrected chi connectivity index (χ2v) is 9.23. The molecule has 7 heteroatoms. The summed E-state index contributed by atoms with van der Waals surface area (Å²) in [4.78, 5) is 15.0. The number of carbonyl (C=O) groups excluding carboxylic acids is 1. The zero-order chi connectivity index (χ0) is 22.8. The van der Waals surface area contributed by atoms with Gasteiger partial charge >= 0.3 is 0 Å². The van der Waals surface area contributed by atoms with Crippen LogP contribution >= 0.6 is 35.0 Å². The lowest BCUT2D eigenvalue weighted by atomic mass is 10.1. The number of para-hydroxylation sites is 1. The van der Waals surface area contributed by atoms with Gasteiger partial charge in [0.1, 0.15) is 23.9 Å². The minimum absolute atomic E-state index is 0.108. The molecule has 0 saturated carbocycles. The second kappa shape index (κ2) is 9.40. The topological polar surface area (TPSA) is 51.5 Å². The largest absolute Gasteiger partial charge is 0.484 e. The van der Waals surface area contributed by atoms with Crippen molar-refractivity contribution in [1.82, 2.24) is 0 Å². The molecular weight excluding hydrogens is 477 g/mol. The maximum Gasteiger partial charge on any atom is 0.186 e. The molecule has 0 amide bonds. The first-order valence-electron chi connectivity index (χ1n) is 10.1. The van der Waals surface area contributed by atoms with Crippen molar-refractivity contribution in [2.24, 2.45) is 0 Å². The summed E-state index contributed by atoms with van der Waals surface area (Å²) in [6.07, 6.45) is 3.15. The van der Waals surface area contributed by atoms with Gasteiger partial charge in [-0.15, -0.1) is 0 Å². The molecule has 0 radical (unpaired) electrons. The highest BCUT2D eigenvalue weighted by Crippen LogP contribution is 2.44. The zero-order valence-electron chi connectivity index (χ0n) is 17.2. The fraction of sp³-hybridized carbons (Fsp3) is 0.0385. The molecule has 2 heterocycles. The second-order valence-electron chi connectivity index (χ2n) is 7.30. The monoisotopic (exact) mass is 493 g/mol. The van der Waals surface area contributed by atoms with Crippen LogP contribution in [0.2, 0.25) is 10.0 Å². The first-order valence-corrected chi connectivity index (χ1v) is 11.7. The van der Waals surface area contributed by atoms with Crippen molar-refractivity contribution >= 4 is 58.2 Å². The number of benzene rings is 3. The summed E-state index contributed by atoms with van der Waals surface area (Å²) in [5.41, 5.74) is 2.57. The predicted molar refractivity (Wildman–Crippen MR) is 133 cm³/mol. The lowest BCUT2D eigenvalue weighted by Crippen LogP contribution is -2.02. The van der Waals surface area contributed by atoms with Crippen molar-refractivity contribution in [3.05, 3.63) is 106 Å². The predicted octanol–water partition coefficient (Wildman–Crippen LogP) is 8.27. The molecule has 1 N–H and O–H groups in total. The molecule has 0 atom stereocenters. The third-order valence-corrected chi connectivity index (χ3v) is 6.68. The van der Waals surface area contributed by atoms with Crippen molar-refractivity contribution in [3.63, 3.8) is 0 Å². The molecule has 5 rings (SSSR count). The summed E-state index contributed by atoms with van der Waals surface area (Å²) in [5, 5.41) is 4.41. The number of anilines is 2.